The molecule has 0 aliphatic carbocycles. The van der Waals surface area contributed by atoms with E-state index in [1.54, 1.807) is 0 Å². The lowest BCUT2D eigenvalue weighted by molar-refractivity contribution is -0.181. The third kappa shape index (κ3) is 2.35. The lowest BCUT2D eigenvalue weighted by Gasteiger charge is -2.37. The van der Waals surface area contributed by atoms with Crippen LogP contribution in [0.25, 0.3) is 10.9 Å². The second kappa shape index (κ2) is 5.35. The molecule has 5 nitrogen and oxygen atoms in total. The maximum absolute atomic E-state index is 13.1. The SMILES string of the molecule is Cc1[nH]c2cccc(C)c2c1C(=O)N1CCC2(CC1)OCCO2. The van der Waals surface area contributed by atoms with Crippen LogP contribution in [0.4, 0.5) is 0 Å². The van der Waals surface area contributed by atoms with E-state index in [0.29, 0.717) is 26.3 Å². The number of ether oxygens (including phenoxy) is 2. The fourth-order valence-corrected chi connectivity index (χ4v) is 3.82. The van der Waals surface area contributed by atoms with Crippen molar-refractivity contribution in [3.05, 3.63) is 35.0 Å². The molecule has 5 heteroatoms. The highest BCUT2D eigenvalue weighted by Crippen LogP contribution is 2.33. The smallest absolute Gasteiger partial charge is 0.256 e. The molecule has 4 rings (SSSR count). The van der Waals surface area contributed by atoms with Crippen LogP contribution in [0.2, 0.25) is 0 Å². The van der Waals surface area contributed by atoms with Crippen LogP contribution in [0.3, 0.4) is 0 Å². The van der Waals surface area contributed by atoms with Crippen LogP contribution >= 0.6 is 0 Å². The molecule has 0 atom stereocenters. The van der Waals surface area contributed by atoms with Gasteiger partial charge >= 0.3 is 0 Å². The van der Waals surface area contributed by atoms with Gasteiger partial charge in [-0.25, -0.2) is 0 Å². The lowest BCUT2D eigenvalue weighted by atomic mass is 10.0. The Labute approximate surface area is 135 Å². The van der Waals surface area contributed by atoms with E-state index in [9.17, 15) is 4.79 Å². The molecule has 0 saturated carbocycles. The zero-order chi connectivity index (χ0) is 16.0. The van der Waals surface area contributed by atoms with Crippen molar-refractivity contribution in [1.29, 1.82) is 0 Å². The van der Waals surface area contributed by atoms with E-state index < -0.39 is 5.79 Å². The van der Waals surface area contributed by atoms with Gasteiger partial charge in [0.25, 0.3) is 5.91 Å². The first-order chi connectivity index (χ1) is 11.1. The van der Waals surface area contributed by atoms with Gasteiger partial charge < -0.3 is 19.4 Å². The minimum atomic E-state index is -0.443. The molecule has 1 N–H and O–H groups in total. The van der Waals surface area contributed by atoms with Crippen molar-refractivity contribution in [2.45, 2.75) is 32.5 Å². The van der Waals surface area contributed by atoms with Crippen molar-refractivity contribution >= 4 is 16.8 Å². The van der Waals surface area contributed by atoms with Crippen LogP contribution in [0.15, 0.2) is 18.2 Å². The van der Waals surface area contributed by atoms with Crippen molar-refractivity contribution in [1.82, 2.24) is 9.88 Å². The number of nitrogens with one attached hydrogen (secondary N) is 1. The molecule has 3 heterocycles. The van der Waals surface area contributed by atoms with Crippen LogP contribution in [0, 0.1) is 13.8 Å². The summed E-state index contributed by atoms with van der Waals surface area (Å²) in [4.78, 5) is 18.3. The van der Waals surface area contributed by atoms with Gasteiger partial charge in [0.2, 0.25) is 0 Å². The van der Waals surface area contributed by atoms with Gasteiger partial charge in [-0.2, -0.15) is 0 Å². The average Bonchev–Trinajstić information content (AvgIpc) is 3.12. The van der Waals surface area contributed by atoms with Crippen LogP contribution in [0.5, 0.6) is 0 Å². The predicted octanol–water partition coefficient (Wildman–Crippen LogP) is 2.76. The summed E-state index contributed by atoms with van der Waals surface area (Å²) in [5.41, 5.74) is 3.91. The summed E-state index contributed by atoms with van der Waals surface area (Å²) in [5.74, 6) is -0.335. The first-order valence-electron chi connectivity index (χ1n) is 8.25. The topological polar surface area (TPSA) is 54.6 Å². The van der Waals surface area contributed by atoms with E-state index in [2.05, 4.69) is 18.0 Å². The molecule has 2 aliphatic rings. The van der Waals surface area contributed by atoms with E-state index in [-0.39, 0.29) is 5.91 Å². The average molecular weight is 314 g/mol. The van der Waals surface area contributed by atoms with Crippen molar-refractivity contribution in [3.8, 4) is 0 Å². The largest absolute Gasteiger partial charge is 0.358 e. The molecule has 0 unspecified atom stereocenters. The van der Waals surface area contributed by atoms with Crippen molar-refractivity contribution in [2.75, 3.05) is 26.3 Å². The Hall–Kier alpha value is -1.85. The Morgan fingerprint density at radius 2 is 1.87 bits per heavy atom. The van der Waals surface area contributed by atoms with Crippen LogP contribution in [-0.2, 0) is 9.47 Å². The Morgan fingerprint density at radius 3 is 2.57 bits per heavy atom. The number of piperidine rings is 1. The molecule has 0 radical (unpaired) electrons. The molecule has 1 aromatic heterocycles. The number of nitrogens with zero attached hydrogens (tertiary/aromatic N) is 1. The van der Waals surface area contributed by atoms with Gasteiger partial charge in [0, 0.05) is 42.5 Å². The van der Waals surface area contributed by atoms with E-state index >= 15 is 0 Å². The number of carbonyl (C=O) groups excluding carboxylic acids is 1. The van der Waals surface area contributed by atoms with Crippen LogP contribution < -0.4 is 0 Å². The summed E-state index contributed by atoms with van der Waals surface area (Å²) in [5, 5.41) is 1.05. The van der Waals surface area contributed by atoms with Crippen molar-refractivity contribution in [2.24, 2.45) is 0 Å². The quantitative estimate of drug-likeness (QED) is 0.880. The number of H-pyrrole nitrogens is 1. The van der Waals surface area contributed by atoms with Crippen molar-refractivity contribution < 1.29 is 14.3 Å². The Balaban J connectivity index is 1.62. The number of likely N-dealkylation sites (tertiary alicyclic amines) is 1. The lowest BCUT2D eigenvalue weighted by Crippen LogP contribution is -2.47. The second-order valence-corrected chi connectivity index (χ2v) is 6.52. The summed E-state index contributed by atoms with van der Waals surface area (Å²) in [6.07, 6.45) is 1.50. The maximum Gasteiger partial charge on any atom is 0.256 e. The number of amides is 1. The molecule has 2 fully saturated rings. The standard InChI is InChI=1S/C18H22N2O3/c1-12-4-3-5-14-15(12)16(13(2)19-14)17(21)20-8-6-18(7-9-20)22-10-11-23-18/h3-5,19H,6-11H2,1-2H3. The Morgan fingerprint density at radius 1 is 1.17 bits per heavy atom. The molecule has 0 bridgehead atoms. The number of carbonyl (C=O) groups is 1. The van der Waals surface area contributed by atoms with Gasteiger partial charge in [-0.3, -0.25) is 4.79 Å². The Kier molecular flexibility index (Phi) is 3.43. The summed E-state index contributed by atoms with van der Waals surface area (Å²) in [6, 6.07) is 6.09. The highest BCUT2D eigenvalue weighted by Gasteiger charge is 2.41. The molecular formula is C18H22N2O3. The van der Waals surface area contributed by atoms with Gasteiger partial charge in [-0.1, -0.05) is 12.1 Å². The molecule has 2 saturated heterocycles. The molecule has 2 aliphatic heterocycles. The summed E-state index contributed by atoms with van der Waals surface area (Å²) in [6.45, 7) is 6.70. The number of aryl methyl sites for hydroxylation is 2. The monoisotopic (exact) mass is 314 g/mol. The molecule has 2 aromatic rings. The minimum absolute atomic E-state index is 0.107. The fraction of sp³-hybridized carbons (Fsp3) is 0.500. The third-order valence-electron chi connectivity index (χ3n) is 5.06. The zero-order valence-electron chi connectivity index (χ0n) is 13.6. The highest BCUT2D eigenvalue weighted by atomic mass is 16.7. The molecule has 1 aromatic carbocycles. The van der Waals surface area contributed by atoms with E-state index in [1.807, 2.05) is 24.0 Å². The maximum atomic E-state index is 13.1. The number of hydrogen-bond donors (Lipinski definition) is 1. The molecule has 23 heavy (non-hydrogen) atoms. The highest BCUT2D eigenvalue weighted by molar-refractivity contribution is 6.09. The molecule has 1 spiro atoms. The molecule has 122 valence electrons. The van der Waals surface area contributed by atoms with Crippen molar-refractivity contribution in [3.63, 3.8) is 0 Å². The first-order valence-corrected chi connectivity index (χ1v) is 8.25. The van der Waals surface area contributed by atoms with E-state index in [0.717, 1.165) is 40.6 Å². The van der Waals surface area contributed by atoms with Gasteiger partial charge in [0.1, 0.15) is 0 Å². The number of benzene rings is 1. The van der Waals surface area contributed by atoms with Crippen LogP contribution in [-0.4, -0.2) is 47.9 Å². The van der Waals surface area contributed by atoms with E-state index in [4.69, 9.17) is 9.47 Å². The first kappa shape index (κ1) is 14.7. The summed E-state index contributed by atoms with van der Waals surface area (Å²) < 4.78 is 11.5. The third-order valence-corrected chi connectivity index (χ3v) is 5.06. The van der Waals surface area contributed by atoms with Gasteiger partial charge in [0.05, 0.1) is 18.8 Å². The number of aromatic amines is 1. The fourth-order valence-electron chi connectivity index (χ4n) is 3.82. The zero-order valence-corrected chi connectivity index (χ0v) is 13.6. The number of hydrogen-bond acceptors (Lipinski definition) is 3. The summed E-state index contributed by atoms with van der Waals surface area (Å²) in [7, 11) is 0. The van der Waals surface area contributed by atoms with E-state index in [1.165, 1.54) is 0 Å². The summed E-state index contributed by atoms with van der Waals surface area (Å²) >= 11 is 0. The normalized spacial score (nSPS) is 20.5. The van der Waals surface area contributed by atoms with Gasteiger partial charge in [0.15, 0.2) is 5.79 Å². The number of rotatable bonds is 1. The molecular weight excluding hydrogens is 292 g/mol. The van der Waals surface area contributed by atoms with Gasteiger partial charge in [-0.05, 0) is 25.5 Å². The van der Waals surface area contributed by atoms with Gasteiger partial charge in [-0.15, -0.1) is 0 Å². The predicted molar refractivity (Wildman–Crippen MR) is 87.5 cm³/mol. The number of aromatic nitrogens is 1. The Bertz CT molecular complexity index is 749. The molecule has 1 amide bonds. The number of fused-ring (bicyclic) bond motifs is 1. The van der Waals surface area contributed by atoms with Crippen LogP contribution in [0.1, 0.15) is 34.5 Å². The minimum Gasteiger partial charge on any atom is -0.358 e. The second-order valence-electron chi connectivity index (χ2n) is 6.52.